The van der Waals surface area contributed by atoms with Crippen molar-refractivity contribution in [3.05, 3.63) is 36.1 Å². The first-order chi connectivity index (χ1) is 9.66. The molecule has 1 aliphatic rings. The summed E-state index contributed by atoms with van der Waals surface area (Å²) >= 11 is 0. The summed E-state index contributed by atoms with van der Waals surface area (Å²) in [6.07, 6.45) is 0. The fourth-order valence-corrected chi connectivity index (χ4v) is 2.75. The van der Waals surface area contributed by atoms with Crippen LogP contribution in [0.15, 0.2) is 34.7 Å². The lowest BCUT2D eigenvalue weighted by Crippen LogP contribution is -2.53. The normalized spacial score (nSPS) is 20.1. The van der Waals surface area contributed by atoms with Crippen molar-refractivity contribution < 1.29 is 9.21 Å². The molecule has 2 heterocycles. The number of carbonyl (C=O) groups excluding carboxylic acids is 1. The third-order valence-electron chi connectivity index (χ3n) is 4.03. The number of carbonyl (C=O) groups is 1. The molecule has 1 aliphatic heterocycles. The average molecular weight is 309 g/mol. The van der Waals surface area contributed by atoms with E-state index < -0.39 is 0 Å². The number of benzene rings is 1. The van der Waals surface area contributed by atoms with Crippen molar-refractivity contribution >= 4 is 29.3 Å². The van der Waals surface area contributed by atoms with Gasteiger partial charge in [0.1, 0.15) is 11.3 Å². The molecule has 0 saturated carbocycles. The second kappa shape index (κ2) is 6.50. The third-order valence-corrected chi connectivity index (χ3v) is 4.03. The molecule has 1 aromatic carbocycles. The number of nitrogens with zero attached hydrogens (tertiary/aromatic N) is 1. The number of halogens is 1. The first-order valence-corrected chi connectivity index (χ1v) is 7.16. The number of fused-ring (bicyclic) bond motifs is 1. The van der Waals surface area contributed by atoms with Crippen LogP contribution in [-0.2, 0) is 4.79 Å². The molecule has 21 heavy (non-hydrogen) atoms. The van der Waals surface area contributed by atoms with Crippen LogP contribution in [0.5, 0.6) is 0 Å². The van der Waals surface area contributed by atoms with E-state index in [-0.39, 0.29) is 30.3 Å². The van der Waals surface area contributed by atoms with Crippen molar-refractivity contribution in [2.45, 2.75) is 25.8 Å². The van der Waals surface area contributed by atoms with Gasteiger partial charge in [-0.1, -0.05) is 18.2 Å². The zero-order valence-corrected chi connectivity index (χ0v) is 13.2. The van der Waals surface area contributed by atoms with Gasteiger partial charge in [-0.05, 0) is 26.0 Å². The van der Waals surface area contributed by atoms with E-state index in [2.05, 4.69) is 12.2 Å². The van der Waals surface area contributed by atoms with Crippen LogP contribution in [0.4, 0.5) is 0 Å². The predicted octanol–water partition coefficient (Wildman–Crippen LogP) is 2.78. The molecule has 5 heteroatoms. The van der Waals surface area contributed by atoms with Gasteiger partial charge >= 0.3 is 0 Å². The Morgan fingerprint density at radius 2 is 2.19 bits per heavy atom. The van der Waals surface area contributed by atoms with Gasteiger partial charge in [-0.25, -0.2) is 0 Å². The zero-order valence-electron chi connectivity index (χ0n) is 12.3. The van der Waals surface area contributed by atoms with Crippen molar-refractivity contribution in [2.24, 2.45) is 0 Å². The van der Waals surface area contributed by atoms with Crippen molar-refractivity contribution in [2.75, 3.05) is 19.6 Å². The Balaban J connectivity index is 0.00000161. The van der Waals surface area contributed by atoms with E-state index in [9.17, 15) is 4.79 Å². The molecule has 0 bridgehead atoms. The first-order valence-electron chi connectivity index (χ1n) is 7.16. The van der Waals surface area contributed by atoms with Gasteiger partial charge in [0.2, 0.25) is 5.91 Å². The number of piperazine rings is 1. The van der Waals surface area contributed by atoms with Crippen molar-refractivity contribution in [1.82, 2.24) is 10.2 Å². The molecule has 1 aromatic heterocycles. The monoisotopic (exact) mass is 308 g/mol. The van der Waals surface area contributed by atoms with Crippen LogP contribution in [0, 0.1) is 0 Å². The minimum Gasteiger partial charge on any atom is -0.460 e. The van der Waals surface area contributed by atoms with Crippen molar-refractivity contribution in [3.63, 3.8) is 0 Å². The second-order valence-electron chi connectivity index (χ2n) is 5.49. The summed E-state index contributed by atoms with van der Waals surface area (Å²) in [5.41, 5.74) is 0.843. The Bertz CT molecular complexity index is 593. The highest BCUT2D eigenvalue weighted by atomic mass is 35.5. The summed E-state index contributed by atoms with van der Waals surface area (Å²) in [5.74, 6) is 0.669. The lowest BCUT2D eigenvalue weighted by molar-refractivity contribution is -0.135. The highest BCUT2D eigenvalue weighted by Crippen LogP contribution is 2.26. The molecule has 0 radical (unpaired) electrons. The highest BCUT2D eigenvalue weighted by Gasteiger charge is 2.29. The van der Waals surface area contributed by atoms with Gasteiger partial charge in [0, 0.05) is 31.1 Å². The van der Waals surface area contributed by atoms with Gasteiger partial charge in [-0.3, -0.25) is 4.79 Å². The van der Waals surface area contributed by atoms with Gasteiger partial charge in [0.15, 0.2) is 0 Å². The standard InChI is InChI=1S/C16H20N2O2.ClH/c1-11-10-17-7-8-18(11)16(19)12(2)15-9-13-5-3-4-6-14(13)20-15;/h3-6,9,11-12,17H,7-8,10H2,1-2H3;1H/t11-,12?;/m0./s1. The van der Waals surface area contributed by atoms with Gasteiger partial charge in [0.05, 0.1) is 5.92 Å². The maximum absolute atomic E-state index is 12.6. The van der Waals surface area contributed by atoms with Crippen LogP contribution < -0.4 is 5.32 Å². The molecule has 2 atom stereocenters. The summed E-state index contributed by atoms with van der Waals surface area (Å²) in [7, 11) is 0. The minimum absolute atomic E-state index is 0. The number of nitrogens with one attached hydrogen (secondary N) is 1. The molecule has 114 valence electrons. The summed E-state index contributed by atoms with van der Waals surface area (Å²) in [4.78, 5) is 14.6. The maximum Gasteiger partial charge on any atom is 0.233 e. The Morgan fingerprint density at radius 3 is 2.90 bits per heavy atom. The fourth-order valence-electron chi connectivity index (χ4n) is 2.75. The number of hydrogen-bond donors (Lipinski definition) is 1. The molecule has 1 fully saturated rings. The lowest BCUT2D eigenvalue weighted by Gasteiger charge is -2.35. The van der Waals surface area contributed by atoms with Crippen molar-refractivity contribution in [1.29, 1.82) is 0 Å². The van der Waals surface area contributed by atoms with Gasteiger partial charge in [-0.15, -0.1) is 12.4 Å². The largest absolute Gasteiger partial charge is 0.460 e. The summed E-state index contributed by atoms with van der Waals surface area (Å²) in [5, 5.41) is 4.35. The topological polar surface area (TPSA) is 45.5 Å². The molecular formula is C16H21ClN2O2. The summed E-state index contributed by atoms with van der Waals surface area (Å²) in [6, 6.07) is 10.1. The van der Waals surface area contributed by atoms with Crippen LogP contribution in [0.1, 0.15) is 25.5 Å². The number of hydrogen-bond acceptors (Lipinski definition) is 3. The smallest absolute Gasteiger partial charge is 0.233 e. The van der Waals surface area contributed by atoms with E-state index in [0.29, 0.717) is 0 Å². The Labute approximate surface area is 130 Å². The van der Waals surface area contributed by atoms with E-state index in [4.69, 9.17) is 4.42 Å². The number of para-hydroxylation sites is 1. The lowest BCUT2D eigenvalue weighted by atomic mass is 10.0. The van der Waals surface area contributed by atoms with E-state index in [0.717, 1.165) is 36.4 Å². The number of rotatable bonds is 2. The molecule has 2 aromatic rings. The number of furan rings is 1. The Morgan fingerprint density at radius 1 is 1.43 bits per heavy atom. The molecular weight excluding hydrogens is 288 g/mol. The number of amides is 1. The maximum atomic E-state index is 12.6. The molecule has 0 spiro atoms. The van der Waals surface area contributed by atoms with Crippen molar-refractivity contribution in [3.8, 4) is 0 Å². The second-order valence-corrected chi connectivity index (χ2v) is 5.49. The van der Waals surface area contributed by atoms with Gasteiger partial charge in [0.25, 0.3) is 0 Å². The van der Waals surface area contributed by atoms with Gasteiger partial charge in [-0.2, -0.15) is 0 Å². The predicted molar refractivity (Wildman–Crippen MR) is 85.9 cm³/mol. The molecule has 4 nitrogen and oxygen atoms in total. The molecule has 1 unspecified atom stereocenters. The van der Waals surface area contributed by atoms with Crippen LogP contribution in [0.25, 0.3) is 11.0 Å². The van der Waals surface area contributed by atoms with Crippen LogP contribution >= 0.6 is 12.4 Å². The van der Waals surface area contributed by atoms with Gasteiger partial charge < -0.3 is 14.6 Å². The van der Waals surface area contributed by atoms with E-state index in [1.54, 1.807) is 0 Å². The quantitative estimate of drug-likeness (QED) is 0.928. The van der Waals surface area contributed by atoms with Crippen LogP contribution in [0.2, 0.25) is 0 Å². The molecule has 1 amide bonds. The van der Waals surface area contributed by atoms with Crippen LogP contribution in [-0.4, -0.2) is 36.5 Å². The van der Waals surface area contributed by atoms with E-state index in [1.807, 2.05) is 42.2 Å². The first kappa shape index (κ1) is 15.9. The zero-order chi connectivity index (χ0) is 14.1. The fraction of sp³-hybridized carbons (Fsp3) is 0.438. The third kappa shape index (κ3) is 3.06. The minimum atomic E-state index is -0.233. The molecule has 3 rings (SSSR count). The highest BCUT2D eigenvalue weighted by molar-refractivity contribution is 5.86. The average Bonchev–Trinajstić information content (AvgIpc) is 2.90. The molecule has 0 aliphatic carbocycles. The molecule has 1 saturated heterocycles. The molecule has 1 N–H and O–H groups in total. The van der Waals surface area contributed by atoms with Crippen LogP contribution in [0.3, 0.4) is 0 Å². The summed E-state index contributed by atoms with van der Waals surface area (Å²) in [6.45, 7) is 6.50. The Kier molecular flexibility index (Phi) is 4.91. The van der Waals surface area contributed by atoms with E-state index >= 15 is 0 Å². The summed E-state index contributed by atoms with van der Waals surface area (Å²) < 4.78 is 5.81. The SMILES string of the molecule is CC(C(=O)N1CCNC[C@@H]1C)c1cc2ccccc2o1.Cl. The van der Waals surface area contributed by atoms with E-state index in [1.165, 1.54) is 0 Å². The Hall–Kier alpha value is -1.52.